The number of amides is 1. The summed E-state index contributed by atoms with van der Waals surface area (Å²) < 4.78 is 5.44. The Kier molecular flexibility index (Phi) is 3.50. The molecule has 0 bridgehead atoms. The number of ether oxygens (including phenoxy) is 1. The molecule has 1 aromatic carbocycles. The molecule has 5 heteroatoms. The van der Waals surface area contributed by atoms with Crippen LogP contribution in [0, 0.1) is 0 Å². The predicted octanol–water partition coefficient (Wildman–Crippen LogP) is 1.81. The summed E-state index contributed by atoms with van der Waals surface area (Å²) in [5.41, 5.74) is 1.65. The molecular weight excluding hydrogens is 234 g/mol. The second kappa shape index (κ2) is 5.08. The van der Waals surface area contributed by atoms with E-state index in [0.717, 1.165) is 5.56 Å². The fourth-order valence-corrected chi connectivity index (χ4v) is 1.86. The Morgan fingerprint density at radius 2 is 2.28 bits per heavy atom. The molecule has 5 nitrogen and oxygen atoms in total. The molecule has 0 saturated carbocycles. The monoisotopic (exact) mass is 249 g/mol. The van der Waals surface area contributed by atoms with Crippen molar-refractivity contribution in [3.8, 4) is 5.75 Å². The average Bonchev–Trinajstić information content (AvgIpc) is 2.30. The summed E-state index contributed by atoms with van der Waals surface area (Å²) >= 11 is 0. The second-order valence-corrected chi connectivity index (χ2v) is 4.33. The number of carboxylic acids is 1. The highest BCUT2D eigenvalue weighted by Gasteiger charge is 2.23. The normalized spacial score (nSPS) is 17.6. The summed E-state index contributed by atoms with van der Waals surface area (Å²) in [5.74, 6) is -0.298. The van der Waals surface area contributed by atoms with E-state index in [1.165, 1.54) is 0 Å². The molecule has 0 fully saturated rings. The van der Waals surface area contributed by atoms with Crippen LogP contribution in [-0.2, 0) is 16.0 Å². The number of hydrogen-bond donors (Lipinski definition) is 2. The van der Waals surface area contributed by atoms with Gasteiger partial charge >= 0.3 is 5.97 Å². The number of fused-ring (bicyclic) bond motifs is 1. The van der Waals surface area contributed by atoms with Crippen LogP contribution < -0.4 is 10.1 Å². The van der Waals surface area contributed by atoms with Crippen LogP contribution in [0.4, 0.5) is 5.69 Å². The quantitative estimate of drug-likeness (QED) is 0.853. The van der Waals surface area contributed by atoms with E-state index in [4.69, 9.17) is 9.84 Å². The zero-order chi connectivity index (χ0) is 13.1. The van der Waals surface area contributed by atoms with Crippen LogP contribution in [0.1, 0.15) is 25.3 Å². The number of anilines is 1. The Labute approximate surface area is 105 Å². The van der Waals surface area contributed by atoms with Crippen molar-refractivity contribution >= 4 is 17.6 Å². The summed E-state index contributed by atoms with van der Waals surface area (Å²) in [4.78, 5) is 21.9. The Bertz CT molecular complexity index is 484. The van der Waals surface area contributed by atoms with Crippen molar-refractivity contribution in [1.29, 1.82) is 0 Å². The van der Waals surface area contributed by atoms with E-state index in [1.54, 1.807) is 13.0 Å². The van der Waals surface area contributed by atoms with Crippen LogP contribution in [-0.4, -0.2) is 23.1 Å². The topological polar surface area (TPSA) is 75.6 Å². The van der Waals surface area contributed by atoms with Gasteiger partial charge in [0.1, 0.15) is 5.75 Å². The first kappa shape index (κ1) is 12.4. The van der Waals surface area contributed by atoms with Crippen molar-refractivity contribution in [2.45, 2.75) is 32.3 Å². The number of carbonyl (C=O) groups is 2. The first-order valence-corrected chi connectivity index (χ1v) is 5.88. The molecule has 1 amide bonds. The van der Waals surface area contributed by atoms with Crippen molar-refractivity contribution in [3.63, 3.8) is 0 Å². The second-order valence-electron chi connectivity index (χ2n) is 4.33. The summed E-state index contributed by atoms with van der Waals surface area (Å²) in [7, 11) is 0. The highest BCUT2D eigenvalue weighted by molar-refractivity contribution is 5.97. The summed E-state index contributed by atoms with van der Waals surface area (Å²) in [6.07, 6.45) is 0.928. The SMILES string of the molecule is CC1Oc2ccc(CCCC(=O)O)cc2NC1=O. The Morgan fingerprint density at radius 1 is 1.50 bits per heavy atom. The summed E-state index contributed by atoms with van der Waals surface area (Å²) in [5, 5.41) is 11.3. The number of aliphatic carboxylic acids is 1. The van der Waals surface area contributed by atoms with E-state index in [1.807, 2.05) is 12.1 Å². The molecule has 0 saturated heterocycles. The van der Waals surface area contributed by atoms with Gasteiger partial charge in [-0.05, 0) is 37.5 Å². The summed E-state index contributed by atoms with van der Waals surface area (Å²) in [6.45, 7) is 1.69. The van der Waals surface area contributed by atoms with Gasteiger partial charge in [-0.2, -0.15) is 0 Å². The molecule has 0 spiro atoms. The number of benzene rings is 1. The third-order valence-corrected chi connectivity index (χ3v) is 2.83. The largest absolute Gasteiger partial charge is 0.481 e. The lowest BCUT2D eigenvalue weighted by atomic mass is 10.1. The lowest BCUT2D eigenvalue weighted by Crippen LogP contribution is -2.34. The maximum absolute atomic E-state index is 11.5. The minimum atomic E-state index is -0.793. The zero-order valence-corrected chi connectivity index (χ0v) is 10.1. The minimum absolute atomic E-state index is 0.150. The van der Waals surface area contributed by atoms with E-state index in [9.17, 15) is 9.59 Å². The Morgan fingerprint density at radius 3 is 3.00 bits per heavy atom. The van der Waals surface area contributed by atoms with Gasteiger partial charge in [0.25, 0.3) is 5.91 Å². The average molecular weight is 249 g/mol. The summed E-state index contributed by atoms with van der Waals surface area (Å²) in [6, 6.07) is 5.53. The Hall–Kier alpha value is -2.04. The maximum atomic E-state index is 11.5. The van der Waals surface area contributed by atoms with Crippen molar-refractivity contribution in [2.75, 3.05) is 5.32 Å². The van der Waals surface area contributed by atoms with E-state index in [0.29, 0.717) is 24.3 Å². The molecular formula is C13H15NO4. The van der Waals surface area contributed by atoms with Crippen molar-refractivity contribution in [3.05, 3.63) is 23.8 Å². The van der Waals surface area contributed by atoms with Crippen LogP contribution in [0.25, 0.3) is 0 Å². The molecule has 1 atom stereocenters. The number of carboxylic acid groups (broad SMARTS) is 1. The van der Waals surface area contributed by atoms with E-state index < -0.39 is 12.1 Å². The number of rotatable bonds is 4. The predicted molar refractivity (Wildman–Crippen MR) is 65.7 cm³/mol. The molecule has 1 aliphatic heterocycles. The van der Waals surface area contributed by atoms with Crippen LogP contribution in [0.2, 0.25) is 0 Å². The van der Waals surface area contributed by atoms with Gasteiger partial charge in [0.05, 0.1) is 5.69 Å². The Balaban J connectivity index is 2.05. The first-order chi connectivity index (χ1) is 8.56. The standard InChI is InChI=1S/C13H15NO4/c1-8-13(17)14-10-7-9(3-2-4-12(15)16)5-6-11(10)18-8/h5-8H,2-4H2,1H3,(H,14,17)(H,15,16). The van der Waals surface area contributed by atoms with Gasteiger partial charge in [0.2, 0.25) is 0 Å². The van der Waals surface area contributed by atoms with Crippen LogP contribution >= 0.6 is 0 Å². The zero-order valence-electron chi connectivity index (χ0n) is 10.1. The molecule has 0 aromatic heterocycles. The van der Waals surface area contributed by atoms with Crippen molar-refractivity contribution in [2.24, 2.45) is 0 Å². The minimum Gasteiger partial charge on any atom is -0.481 e. The lowest BCUT2D eigenvalue weighted by molar-refractivity contribution is -0.137. The van der Waals surface area contributed by atoms with E-state index in [-0.39, 0.29) is 12.3 Å². The molecule has 1 aromatic rings. The van der Waals surface area contributed by atoms with Crippen LogP contribution in [0.5, 0.6) is 5.75 Å². The lowest BCUT2D eigenvalue weighted by Gasteiger charge is -2.23. The third kappa shape index (κ3) is 2.80. The molecule has 2 rings (SSSR count). The number of carbonyl (C=O) groups excluding carboxylic acids is 1. The highest BCUT2D eigenvalue weighted by Crippen LogP contribution is 2.30. The number of aryl methyl sites for hydroxylation is 1. The van der Waals surface area contributed by atoms with Crippen LogP contribution in [0.3, 0.4) is 0 Å². The molecule has 96 valence electrons. The highest BCUT2D eigenvalue weighted by atomic mass is 16.5. The molecule has 18 heavy (non-hydrogen) atoms. The fourth-order valence-electron chi connectivity index (χ4n) is 1.86. The van der Waals surface area contributed by atoms with Gasteiger partial charge in [0.15, 0.2) is 6.10 Å². The van der Waals surface area contributed by atoms with Crippen LogP contribution in [0.15, 0.2) is 18.2 Å². The van der Waals surface area contributed by atoms with Gasteiger partial charge in [-0.15, -0.1) is 0 Å². The maximum Gasteiger partial charge on any atom is 0.303 e. The first-order valence-electron chi connectivity index (χ1n) is 5.88. The van der Waals surface area contributed by atoms with Gasteiger partial charge in [-0.25, -0.2) is 0 Å². The molecule has 1 unspecified atom stereocenters. The van der Waals surface area contributed by atoms with Gasteiger partial charge in [0, 0.05) is 6.42 Å². The van der Waals surface area contributed by atoms with Crippen molar-refractivity contribution in [1.82, 2.24) is 0 Å². The smallest absolute Gasteiger partial charge is 0.303 e. The molecule has 1 aliphatic rings. The molecule has 2 N–H and O–H groups in total. The molecule has 0 radical (unpaired) electrons. The third-order valence-electron chi connectivity index (χ3n) is 2.83. The van der Waals surface area contributed by atoms with Gasteiger partial charge < -0.3 is 15.2 Å². The fraction of sp³-hybridized carbons (Fsp3) is 0.385. The van der Waals surface area contributed by atoms with Crippen molar-refractivity contribution < 1.29 is 19.4 Å². The van der Waals surface area contributed by atoms with Gasteiger partial charge in [-0.1, -0.05) is 6.07 Å². The molecule has 1 heterocycles. The number of hydrogen-bond acceptors (Lipinski definition) is 3. The van der Waals surface area contributed by atoms with Gasteiger partial charge in [-0.3, -0.25) is 9.59 Å². The van der Waals surface area contributed by atoms with E-state index >= 15 is 0 Å². The molecule has 0 aliphatic carbocycles. The van der Waals surface area contributed by atoms with E-state index in [2.05, 4.69) is 5.32 Å². The number of nitrogens with one attached hydrogen (secondary N) is 1.